The maximum absolute atomic E-state index is 13.2. The fourth-order valence-corrected chi connectivity index (χ4v) is 5.74. The highest BCUT2D eigenvalue weighted by molar-refractivity contribution is 7.17. The van der Waals surface area contributed by atoms with E-state index in [0.29, 0.717) is 23.3 Å². The molecule has 6 nitrogen and oxygen atoms in total. The highest BCUT2D eigenvalue weighted by atomic mass is 32.1. The van der Waals surface area contributed by atoms with Gasteiger partial charge in [-0.1, -0.05) is 18.2 Å². The molecule has 2 aliphatic heterocycles. The van der Waals surface area contributed by atoms with Gasteiger partial charge in [0.1, 0.15) is 9.88 Å². The second-order valence-electron chi connectivity index (χ2n) is 8.21. The van der Waals surface area contributed by atoms with Crippen molar-refractivity contribution in [3.8, 4) is 10.6 Å². The minimum atomic E-state index is 0.0181. The van der Waals surface area contributed by atoms with E-state index in [2.05, 4.69) is 21.4 Å². The largest absolute Gasteiger partial charge is 0.351 e. The first-order valence-electron chi connectivity index (χ1n) is 10.7. The fourth-order valence-electron chi connectivity index (χ4n) is 4.71. The zero-order chi connectivity index (χ0) is 21.4. The van der Waals surface area contributed by atoms with Crippen molar-refractivity contribution >= 4 is 23.2 Å². The zero-order valence-electron chi connectivity index (χ0n) is 17.4. The van der Waals surface area contributed by atoms with Crippen LogP contribution >= 0.6 is 11.3 Å². The van der Waals surface area contributed by atoms with Crippen LogP contribution < -0.4 is 5.32 Å². The van der Waals surface area contributed by atoms with Crippen LogP contribution in [0.4, 0.5) is 0 Å². The summed E-state index contributed by atoms with van der Waals surface area (Å²) in [5.74, 6) is 0.860. The smallest absolute Gasteiger partial charge is 0.265 e. The number of piperidine rings is 1. The molecule has 1 saturated heterocycles. The number of likely N-dealkylation sites (tertiary alicyclic amines) is 1. The molecular formula is C24H24N4O2S. The van der Waals surface area contributed by atoms with Gasteiger partial charge in [0.25, 0.3) is 11.8 Å². The molecule has 31 heavy (non-hydrogen) atoms. The van der Waals surface area contributed by atoms with Crippen molar-refractivity contribution < 1.29 is 9.59 Å². The van der Waals surface area contributed by atoms with E-state index in [4.69, 9.17) is 0 Å². The van der Waals surface area contributed by atoms with Crippen molar-refractivity contribution in [1.29, 1.82) is 0 Å². The molecule has 0 radical (unpaired) electrons. The summed E-state index contributed by atoms with van der Waals surface area (Å²) >= 11 is 1.44. The number of carbonyl (C=O) groups excluding carboxylic acids is 2. The van der Waals surface area contributed by atoms with Gasteiger partial charge in [-0.25, -0.2) is 4.98 Å². The number of nitrogens with one attached hydrogen (secondary N) is 1. The summed E-state index contributed by atoms with van der Waals surface area (Å²) in [6.45, 7) is 4.04. The molecule has 2 amide bonds. The quantitative estimate of drug-likeness (QED) is 0.681. The molecule has 0 aliphatic carbocycles. The van der Waals surface area contributed by atoms with E-state index in [1.807, 2.05) is 42.2 Å². The molecule has 1 fully saturated rings. The molecule has 1 aromatic carbocycles. The standard InChI is InChI=1S/C24H24N4O2S/c1-15-21(31-23(27-15)17-5-4-10-25-13-17)24(30)28-11-8-16(9-12-28)20-14-26-22(29)19-7-3-2-6-18(19)20/h2-7,10,13,16,20H,8-9,11-12,14H2,1H3,(H,26,29). The monoisotopic (exact) mass is 432 g/mol. The first-order chi connectivity index (χ1) is 15.1. The third kappa shape index (κ3) is 3.74. The minimum Gasteiger partial charge on any atom is -0.351 e. The first-order valence-corrected chi connectivity index (χ1v) is 11.5. The Morgan fingerprint density at radius 3 is 2.74 bits per heavy atom. The molecule has 2 aliphatic rings. The molecule has 1 atom stereocenters. The van der Waals surface area contributed by atoms with Crippen molar-refractivity contribution in [1.82, 2.24) is 20.2 Å². The van der Waals surface area contributed by atoms with Gasteiger partial charge in [0, 0.05) is 49.1 Å². The number of hydrogen-bond acceptors (Lipinski definition) is 5. The van der Waals surface area contributed by atoms with Crippen LogP contribution in [0.5, 0.6) is 0 Å². The number of aromatic nitrogens is 2. The van der Waals surface area contributed by atoms with Gasteiger partial charge in [-0.05, 0) is 49.4 Å². The lowest BCUT2D eigenvalue weighted by atomic mass is 9.77. The lowest BCUT2D eigenvalue weighted by Crippen LogP contribution is -2.43. The number of fused-ring (bicyclic) bond motifs is 1. The molecule has 7 heteroatoms. The van der Waals surface area contributed by atoms with Gasteiger partial charge < -0.3 is 10.2 Å². The molecule has 5 rings (SSSR count). The third-order valence-electron chi connectivity index (χ3n) is 6.38. The Bertz CT molecular complexity index is 1120. The lowest BCUT2D eigenvalue weighted by Gasteiger charge is -2.38. The van der Waals surface area contributed by atoms with E-state index in [1.165, 1.54) is 11.3 Å². The van der Waals surface area contributed by atoms with Crippen LogP contribution in [0.15, 0.2) is 48.8 Å². The summed E-state index contributed by atoms with van der Waals surface area (Å²) in [5.41, 5.74) is 3.65. The van der Waals surface area contributed by atoms with Crippen LogP contribution in [0.2, 0.25) is 0 Å². The minimum absolute atomic E-state index is 0.0181. The topological polar surface area (TPSA) is 75.2 Å². The second-order valence-corrected chi connectivity index (χ2v) is 9.21. The number of hydrogen-bond donors (Lipinski definition) is 1. The van der Waals surface area contributed by atoms with Crippen LogP contribution in [-0.2, 0) is 0 Å². The second kappa shape index (κ2) is 8.23. The average Bonchev–Trinajstić information content (AvgIpc) is 3.21. The molecule has 1 N–H and O–H groups in total. The molecule has 2 aromatic heterocycles. The normalized spacial score (nSPS) is 19.1. The van der Waals surface area contributed by atoms with Crippen molar-refractivity contribution in [2.45, 2.75) is 25.7 Å². The number of carbonyl (C=O) groups is 2. The molecular weight excluding hydrogens is 408 g/mol. The predicted molar refractivity (Wildman–Crippen MR) is 120 cm³/mol. The molecule has 1 unspecified atom stereocenters. The summed E-state index contributed by atoms with van der Waals surface area (Å²) < 4.78 is 0. The summed E-state index contributed by atoms with van der Waals surface area (Å²) in [4.78, 5) is 36.8. The van der Waals surface area contributed by atoms with Gasteiger partial charge in [-0.15, -0.1) is 11.3 Å². The first kappa shape index (κ1) is 19.9. The zero-order valence-corrected chi connectivity index (χ0v) is 18.2. The van der Waals surface area contributed by atoms with Crippen LogP contribution in [0.25, 0.3) is 10.6 Å². The number of aryl methyl sites for hydroxylation is 1. The summed E-state index contributed by atoms with van der Waals surface area (Å²) in [5, 5.41) is 3.87. The van der Waals surface area contributed by atoms with Gasteiger partial charge in [0.05, 0.1) is 5.69 Å². The number of rotatable bonds is 3. The summed E-state index contributed by atoms with van der Waals surface area (Å²) in [6, 6.07) is 11.8. The van der Waals surface area contributed by atoms with E-state index >= 15 is 0 Å². The van der Waals surface area contributed by atoms with Crippen LogP contribution in [0.1, 0.15) is 50.0 Å². The van der Waals surface area contributed by atoms with Gasteiger partial charge in [-0.3, -0.25) is 14.6 Å². The predicted octanol–water partition coefficient (Wildman–Crippen LogP) is 3.89. The Morgan fingerprint density at radius 1 is 1.16 bits per heavy atom. The van der Waals surface area contributed by atoms with Crippen molar-refractivity contribution in [2.75, 3.05) is 19.6 Å². The maximum Gasteiger partial charge on any atom is 0.265 e. The van der Waals surface area contributed by atoms with E-state index in [0.717, 1.165) is 53.3 Å². The van der Waals surface area contributed by atoms with E-state index in [9.17, 15) is 9.59 Å². The number of amides is 2. The molecule has 3 aromatic rings. The highest BCUT2D eigenvalue weighted by Crippen LogP contribution is 2.37. The Kier molecular flexibility index (Phi) is 5.28. The third-order valence-corrected chi connectivity index (χ3v) is 7.58. The van der Waals surface area contributed by atoms with E-state index in [1.54, 1.807) is 12.4 Å². The Labute approximate surface area is 185 Å². The number of benzene rings is 1. The SMILES string of the molecule is Cc1nc(-c2cccnc2)sc1C(=O)N1CCC(C2CNC(=O)c3ccccc32)CC1. The maximum atomic E-state index is 13.2. The Hall–Kier alpha value is -3.06. The number of pyridine rings is 1. The van der Waals surface area contributed by atoms with Gasteiger partial charge >= 0.3 is 0 Å². The fraction of sp³-hybridized carbons (Fsp3) is 0.333. The molecule has 0 bridgehead atoms. The summed E-state index contributed by atoms with van der Waals surface area (Å²) in [7, 11) is 0. The van der Waals surface area contributed by atoms with Gasteiger partial charge in [0.15, 0.2) is 0 Å². The highest BCUT2D eigenvalue weighted by Gasteiger charge is 2.34. The van der Waals surface area contributed by atoms with Gasteiger partial charge in [0.2, 0.25) is 0 Å². The van der Waals surface area contributed by atoms with Crippen molar-refractivity contribution in [2.24, 2.45) is 5.92 Å². The van der Waals surface area contributed by atoms with Crippen LogP contribution in [-0.4, -0.2) is 46.3 Å². The van der Waals surface area contributed by atoms with E-state index in [-0.39, 0.29) is 11.8 Å². The summed E-state index contributed by atoms with van der Waals surface area (Å²) in [6.07, 6.45) is 5.39. The molecule has 0 saturated carbocycles. The average molecular weight is 433 g/mol. The van der Waals surface area contributed by atoms with E-state index < -0.39 is 0 Å². The molecule has 4 heterocycles. The Balaban J connectivity index is 1.28. The van der Waals surface area contributed by atoms with Crippen LogP contribution in [0.3, 0.4) is 0 Å². The number of thiazole rings is 1. The van der Waals surface area contributed by atoms with Crippen molar-refractivity contribution in [3.63, 3.8) is 0 Å². The molecule has 0 spiro atoms. The van der Waals surface area contributed by atoms with Crippen molar-refractivity contribution in [3.05, 3.63) is 70.5 Å². The lowest BCUT2D eigenvalue weighted by molar-refractivity contribution is 0.0678. The Morgan fingerprint density at radius 2 is 1.97 bits per heavy atom. The molecule has 158 valence electrons. The number of nitrogens with zero attached hydrogens (tertiary/aromatic N) is 3. The van der Waals surface area contributed by atoms with Crippen LogP contribution in [0, 0.1) is 12.8 Å². The van der Waals surface area contributed by atoms with Gasteiger partial charge in [-0.2, -0.15) is 0 Å².